The van der Waals surface area contributed by atoms with Crippen molar-refractivity contribution in [2.75, 3.05) is 18.0 Å². The summed E-state index contributed by atoms with van der Waals surface area (Å²) in [6.45, 7) is 0.927. The average Bonchev–Trinajstić information content (AvgIpc) is 3.07. The molecule has 2 fully saturated rings. The third-order valence-electron chi connectivity index (χ3n) is 4.09. The molecule has 3 atom stereocenters. The van der Waals surface area contributed by atoms with Gasteiger partial charge in [0, 0.05) is 13.1 Å². The number of hydrogen-bond donors (Lipinski definition) is 3. The summed E-state index contributed by atoms with van der Waals surface area (Å²) in [5.41, 5.74) is 0.667. The first-order valence-corrected chi connectivity index (χ1v) is 7.72. The van der Waals surface area contributed by atoms with E-state index < -0.39 is 18.2 Å². The van der Waals surface area contributed by atoms with Crippen LogP contribution in [0.25, 0.3) is 0 Å². The Morgan fingerprint density at radius 1 is 1.41 bits per heavy atom. The van der Waals surface area contributed by atoms with Gasteiger partial charge in [0.1, 0.15) is 6.04 Å². The van der Waals surface area contributed by atoms with Crippen LogP contribution < -0.4 is 15.5 Å². The Morgan fingerprint density at radius 3 is 2.86 bits per heavy atom. The fourth-order valence-corrected chi connectivity index (χ4v) is 3.15. The first kappa shape index (κ1) is 15.3. The van der Waals surface area contributed by atoms with Crippen LogP contribution in [0, 0.1) is 0 Å². The van der Waals surface area contributed by atoms with Crippen molar-refractivity contribution in [2.24, 2.45) is 0 Å². The first-order valence-electron chi connectivity index (χ1n) is 7.34. The molecular formula is C15H18ClN3O3. The summed E-state index contributed by atoms with van der Waals surface area (Å²) < 4.78 is 0. The number of nitrogens with zero attached hydrogens (tertiary/aromatic N) is 1. The maximum atomic E-state index is 12.5. The maximum Gasteiger partial charge on any atom is 0.249 e. The van der Waals surface area contributed by atoms with Crippen molar-refractivity contribution >= 4 is 29.1 Å². The predicted octanol–water partition coefficient (Wildman–Crippen LogP) is 0.284. The summed E-state index contributed by atoms with van der Waals surface area (Å²) in [5.74, 6) is -0.393. The fraction of sp³-hybridized carbons (Fsp3) is 0.467. The molecule has 22 heavy (non-hydrogen) atoms. The minimum absolute atomic E-state index is 0.153. The van der Waals surface area contributed by atoms with Gasteiger partial charge < -0.3 is 20.6 Å². The van der Waals surface area contributed by atoms with Crippen LogP contribution >= 0.6 is 11.6 Å². The van der Waals surface area contributed by atoms with Crippen LogP contribution in [-0.2, 0) is 9.59 Å². The van der Waals surface area contributed by atoms with E-state index in [4.69, 9.17) is 11.6 Å². The Morgan fingerprint density at radius 2 is 2.18 bits per heavy atom. The standard InChI is InChI=1S/C15H18ClN3O3/c16-10-3-1-2-4-13(10)19-6-5-11(15(19)22)18-14(21)12-7-9(20)8-17-12/h1-4,9,11-12,17,20H,5-8H2,(H,18,21)/t9-,11+,12+/m0/s1. The molecule has 6 nitrogen and oxygen atoms in total. The van der Waals surface area contributed by atoms with Crippen LogP contribution in [0.1, 0.15) is 12.8 Å². The lowest BCUT2D eigenvalue weighted by atomic mass is 10.1. The zero-order valence-electron chi connectivity index (χ0n) is 12.0. The molecule has 1 aromatic carbocycles. The second-order valence-electron chi connectivity index (χ2n) is 5.64. The molecule has 0 aliphatic carbocycles. The molecule has 0 aromatic heterocycles. The van der Waals surface area contributed by atoms with Gasteiger partial charge in [0.2, 0.25) is 11.8 Å². The molecule has 3 rings (SSSR count). The van der Waals surface area contributed by atoms with Crippen LogP contribution in [0.2, 0.25) is 5.02 Å². The van der Waals surface area contributed by atoms with E-state index in [9.17, 15) is 14.7 Å². The number of carbonyl (C=O) groups is 2. The molecule has 1 aromatic rings. The number of amides is 2. The van der Waals surface area contributed by atoms with Crippen molar-refractivity contribution in [3.8, 4) is 0 Å². The molecule has 0 spiro atoms. The number of rotatable bonds is 3. The van der Waals surface area contributed by atoms with Gasteiger partial charge in [-0.1, -0.05) is 23.7 Å². The van der Waals surface area contributed by atoms with Gasteiger partial charge in [-0.25, -0.2) is 0 Å². The highest BCUT2D eigenvalue weighted by atomic mass is 35.5. The highest BCUT2D eigenvalue weighted by Gasteiger charge is 2.37. The Balaban J connectivity index is 1.64. The maximum absolute atomic E-state index is 12.5. The molecule has 2 aliphatic rings. The number of benzene rings is 1. The van der Waals surface area contributed by atoms with Crippen molar-refractivity contribution in [2.45, 2.75) is 31.0 Å². The Hall–Kier alpha value is -1.63. The molecule has 0 unspecified atom stereocenters. The number of halogens is 1. The summed E-state index contributed by atoms with van der Waals surface area (Å²) in [7, 11) is 0. The lowest BCUT2D eigenvalue weighted by molar-refractivity contribution is -0.127. The smallest absolute Gasteiger partial charge is 0.249 e. The number of anilines is 1. The summed E-state index contributed by atoms with van der Waals surface area (Å²) in [5, 5.41) is 15.7. The molecule has 2 heterocycles. The van der Waals surface area contributed by atoms with E-state index in [1.54, 1.807) is 17.0 Å². The molecule has 2 saturated heterocycles. The predicted molar refractivity (Wildman–Crippen MR) is 82.8 cm³/mol. The highest BCUT2D eigenvalue weighted by Crippen LogP contribution is 2.29. The number of β-amino-alcohol motifs (C(OH)–C–C–N with tert-alkyl or cyclic N) is 1. The van der Waals surface area contributed by atoms with Gasteiger partial charge in [0.25, 0.3) is 0 Å². The quantitative estimate of drug-likeness (QED) is 0.746. The molecule has 2 aliphatic heterocycles. The second-order valence-corrected chi connectivity index (χ2v) is 6.05. The van der Waals surface area contributed by atoms with E-state index >= 15 is 0 Å². The van der Waals surface area contributed by atoms with Gasteiger partial charge in [0.05, 0.1) is 22.9 Å². The largest absolute Gasteiger partial charge is 0.392 e. The minimum atomic E-state index is -0.539. The van der Waals surface area contributed by atoms with Crippen LogP contribution in [0.5, 0.6) is 0 Å². The Kier molecular flexibility index (Phi) is 4.33. The normalized spacial score (nSPS) is 28.2. The molecule has 118 valence electrons. The van der Waals surface area contributed by atoms with E-state index in [0.29, 0.717) is 36.6 Å². The van der Waals surface area contributed by atoms with Crippen molar-refractivity contribution in [3.05, 3.63) is 29.3 Å². The summed E-state index contributed by atoms with van der Waals surface area (Å²) in [6, 6.07) is 6.19. The second kappa shape index (κ2) is 6.24. The third kappa shape index (κ3) is 2.95. The summed E-state index contributed by atoms with van der Waals surface area (Å²) >= 11 is 6.12. The number of aliphatic hydroxyl groups is 1. The lowest BCUT2D eigenvalue weighted by Gasteiger charge is -2.19. The van der Waals surface area contributed by atoms with Gasteiger partial charge >= 0.3 is 0 Å². The summed E-state index contributed by atoms with van der Waals surface area (Å²) in [4.78, 5) is 26.2. The van der Waals surface area contributed by atoms with Gasteiger partial charge in [0.15, 0.2) is 0 Å². The third-order valence-corrected chi connectivity index (χ3v) is 4.41. The van der Waals surface area contributed by atoms with Crippen molar-refractivity contribution in [1.82, 2.24) is 10.6 Å². The van der Waals surface area contributed by atoms with Gasteiger partial charge in [-0.2, -0.15) is 0 Å². The van der Waals surface area contributed by atoms with Gasteiger partial charge in [-0.15, -0.1) is 0 Å². The zero-order valence-corrected chi connectivity index (χ0v) is 12.7. The van der Waals surface area contributed by atoms with Crippen LogP contribution in [0.3, 0.4) is 0 Å². The number of aliphatic hydroxyl groups excluding tert-OH is 1. The average molecular weight is 324 g/mol. The number of hydrogen-bond acceptors (Lipinski definition) is 4. The van der Waals surface area contributed by atoms with Crippen molar-refractivity contribution in [3.63, 3.8) is 0 Å². The monoisotopic (exact) mass is 323 g/mol. The van der Waals surface area contributed by atoms with E-state index in [1.165, 1.54) is 0 Å². The number of nitrogens with one attached hydrogen (secondary N) is 2. The number of carbonyl (C=O) groups excluding carboxylic acids is 2. The van der Waals surface area contributed by atoms with E-state index in [0.717, 1.165) is 0 Å². The Labute approximate surface area is 133 Å². The van der Waals surface area contributed by atoms with Gasteiger partial charge in [-0.05, 0) is 25.0 Å². The molecule has 0 radical (unpaired) electrons. The molecule has 3 N–H and O–H groups in total. The summed E-state index contributed by atoms with van der Waals surface area (Å²) in [6.07, 6.45) is 0.418. The zero-order chi connectivity index (χ0) is 15.7. The Bertz CT molecular complexity index is 595. The van der Waals surface area contributed by atoms with Crippen LogP contribution in [-0.4, -0.2) is 48.2 Å². The van der Waals surface area contributed by atoms with Crippen LogP contribution in [0.15, 0.2) is 24.3 Å². The molecule has 7 heteroatoms. The fourth-order valence-electron chi connectivity index (χ4n) is 2.91. The molecule has 2 amide bonds. The molecular weight excluding hydrogens is 306 g/mol. The van der Waals surface area contributed by atoms with E-state index in [-0.39, 0.29) is 11.8 Å². The highest BCUT2D eigenvalue weighted by molar-refractivity contribution is 6.34. The van der Waals surface area contributed by atoms with Crippen LogP contribution in [0.4, 0.5) is 5.69 Å². The minimum Gasteiger partial charge on any atom is -0.392 e. The molecule has 0 saturated carbocycles. The number of para-hydroxylation sites is 1. The molecule has 0 bridgehead atoms. The SMILES string of the molecule is O=C(N[C@@H]1CCN(c2ccccc2Cl)C1=O)[C@H]1C[C@H](O)CN1. The van der Waals surface area contributed by atoms with Crippen molar-refractivity contribution < 1.29 is 14.7 Å². The first-order chi connectivity index (χ1) is 10.6. The van der Waals surface area contributed by atoms with E-state index in [2.05, 4.69) is 10.6 Å². The lowest BCUT2D eigenvalue weighted by Crippen LogP contribution is -2.48. The van der Waals surface area contributed by atoms with Gasteiger partial charge in [-0.3, -0.25) is 9.59 Å². The van der Waals surface area contributed by atoms with Crippen molar-refractivity contribution in [1.29, 1.82) is 0 Å². The topological polar surface area (TPSA) is 81.7 Å². The van der Waals surface area contributed by atoms with E-state index in [1.807, 2.05) is 12.1 Å².